The molecule has 0 atom stereocenters. The van der Waals surface area contributed by atoms with Crippen LogP contribution in [-0.4, -0.2) is 29.9 Å². The fraction of sp³-hybridized carbons (Fsp3) is 0. The van der Waals surface area contributed by atoms with Crippen molar-refractivity contribution >= 4 is 97.0 Å². The first-order chi connectivity index (χ1) is 65.5. The molecule has 0 aliphatic carbocycles. The lowest BCUT2D eigenvalue weighted by Crippen LogP contribution is -1.96. The molecule has 22 aromatic carbocycles. The average Bonchev–Trinajstić information content (AvgIpc) is 0.741. The zero-order valence-electron chi connectivity index (χ0n) is 72.0. The SMILES string of the molecule is c1ccc(-c2cc(-c3ccccc3-c3ccccc3-c3ccc4c5ccccc5c5ccccc5c4c3)cc(-c3ccccc3)n2)cc1.c1ccc(-c2nccc(-c3ccccc3-c3cccc(-c4ccc5c6ccccc6c6ccccc6c5c4)c3)n2)cc1.c1ccc(-c2ncnc(-c3ccccc3-c3cccc(-c4ccc5c6ccccc6c6ccccc6c5c4)c3)n2)cc1. The van der Waals surface area contributed by atoms with Crippen LogP contribution in [0.4, 0.5) is 0 Å². The quantitative estimate of drug-likeness (QED) is 0.107. The van der Waals surface area contributed by atoms with E-state index >= 15 is 0 Å². The first-order valence-electron chi connectivity index (χ1n) is 44.8. The van der Waals surface area contributed by atoms with E-state index < -0.39 is 0 Å². The molecule has 25 rings (SSSR count). The van der Waals surface area contributed by atoms with Gasteiger partial charge in [0.2, 0.25) is 0 Å². The normalized spacial score (nSPS) is 11.3. The van der Waals surface area contributed by atoms with Gasteiger partial charge in [0.25, 0.3) is 0 Å². The van der Waals surface area contributed by atoms with Gasteiger partial charge < -0.3 is 0 Å². The Labute approximate surface area is 765 Å². The minimum Gasteiger partial charge on any atom is -0.248 e. The molecule has 0 saturated carbocycles. The van der Waals surface area contributed by atoms with E-state index in [1.54, 1.807) is 6.33 Å². The zero-order chi connectivity index (χ0) is 87.6. The molecule has 0 unspecified atom stereocenters. The van der Waals surface area contributed by atoms with Crippen molar-refractivity contribution in [2.75, 3.05) is 0 Å². The predicted molar refractivity (Wildman–Crippen MR) is 554 cm³/mol. The third-order valence-electron chi connectivity index (χ3n) is 25.6. The van der Waals surface area contributed by atoms with Gasteiger partial charge in [0.15, 0.2) is 17.5 Å². The maximum Gasteiger partial charge on any atom is 0.163 e. The van der Waals surface area contributed by atoms with Gasteiger partial charge in [0.05, 0.1) is 17.1 Å². The minimum absolute atomic E-state index is 0.661. The maximum atomic E-state index is 5.14. The molecule has 132 heavy (non-hydrogen) atoms. The fourth-order valence-electron chi connectivity index (χ4n) is 19.4. The number of hydrogen-bond acceptors (Lipinski definition) is 6. The number of nitrogens with zero attached hydrogens (tertiary/aromatic N) is 6. The van der Waals surface area contributed by atoms with Crippen LogP contribution < -0.4 is 0 Å². The van der Waals surface area contributed by atoms with E-state index in [0.717, 1.165) is 84.1 Å². The van der Waals surface area contributed by atoms with Crippen LogP contribution in [0.1, 0.15) is 0 Å². The summed E-state index contributed by atoms with van der Waals surface area (Å²) in [5.41, 5.74) is 25.5. The molecule has 0 amide bonds. The molecule has 0 aliphatic heterocycles. The van der Waals surface area contributed by atoms with Crippen LogP contribution in [-0.2, 0) is 0 Å². The van der Waals surface area contributed by atoms with E-state index in [0.29, 0.717) is 11.6 Å². The van der Waals surface area contributed by atoms with Gasteiger partial charge >= 0.3 is 0 Å². The molecule has 616 valence electrons. The highest BCUT2D eigenvalue weighted by atomic mass is 15.0. The third-order valence-corrected chi connectivity index (χ3v) is 25.6. The third kappa shape index (κ3) is 15.2. The highest BCUT2D eigenvalue weighted by molar-refractivity contribution is 6.28. The standard InChI is InChI=1S/C47H31N.C40H26N2.C39H25N3/c1-3-15-32(16-4-1)46-30-35(31-47(48-46)33-17-5-2-6-18-33)37-20-8-10-22-39(37)38-21-9-7-19-36(38)34-27-28-44-42-25-12-11-23-40(42)41-24-13-14-26-43(41)45(44)29-34;1-2-11-27(12-3-1)40-41-24-23-39(42-40)37-20-9-4-15-31(37)30-14-10-13-28(25-30)29-21-22-36-34-18-6-5-16-32(34)33-17-7-8-19-35(33)38(36)26-29;1-2-11-26(12-3-1)38-40-25-41-39(42-38)36-20-9-4-15-30(36)29-14-10-13-27(23-29)28-21-22-35-33-18-6-5-16-31(33)32-17-7-8-19-34(32)37(35)24-28/h1-31H;1-26H;1-25H. The van der Waals surface area contributed by atoms with E-state index in [1.165, 1.54) is 147 Å². The summed E-state index contributed by atoms with van der Waals surface area (Å²) in [6.45, 7) is 0. The molecule has 0 saturated heterocycles. The summed E-state index contributed by atoms with van der Waals surface area (Å²) in [5.74, 6) is 2.06. The van der Waals surface area contributed by atoms with Gasteiger partial charge in [0.1, 0.15) is 6.33 Å². The highest BCUT2D eigenvalue weighted by Gasteiger charge is 2.21. The molecule has 3 heterocycles. The van der Waals surface area contributed by atoms with E-state index in [9.17, 15) is 0 Å². The molecular formula is C126H82N6. The molecule has 3 aromatic heterocycles. The van der Waals surface area contributed by atoms with Crippen LogP contribution >= 0.6 is 0 Å². The van der Waals surface area contributed by atoms with Crippen LogP contribution in [0, 0.1) is 0 Å². The van der Waals surface area contributed by atoms with Crippen LogP contribution in [0.15, 0.2) is 498 Å². The Balaban J connectivity index is 0.000000113. The van der Waals surface area contributed by atoms with Gasteiger partial charge in [-0.1, -0.05) is 437 Å². The number of aromatic nitrogens is 6. The smallest absolute Gasteiger partial charge is 0.163 e. The molecule has 6 heteroatoms. The topological polar surface area (TPSA) is 77.3 Å². The Morgan fingerprint density at radius 1 is 0.114 bits per heavy atom. The molecular weight excluding hydrogens is 1600 g/mol. The molecule has 0 fully saturated rings. The minimum atomic E-state index is 0.661. The summed E-state index contributed by atoms with van der Waals surface area (Å²) < 4.78 is 0. The van der Waals surface area contributed by atoms with Gasteiger partial charge in [-0.2, -0.15) is 0 Å². The Morgan fingerprint density at radius 3 is 0.773 bits per heavy atom. The van der Waals surface area contributed by atoms with Crippen molar-refractivity contribution in [3.8, 4) is 146 Å². The second-order valence-corrected chi connectivity index (χ2v) is 33.4. The van der Waals surface area contributed by atoms with Crippen molar-refractivity contribution in [2.45, 2.75) is 0 Å². The van der Waals surface area contributed by atoms with Crippen molar-refractivity contribution in [2.24, 2.45) is 0 Å². The number of benzene rings is 22. The molecule has 0 aliphatic rings. The van der Waals surface area contributed by atoms with Gasteiger partial charge in [-0.15, -0.1) is 0 Å². The summed E-state index contributed by atoms with van der Waals surface area (Å²) in [7, 11) is 0. The predicted octanol–water partition coefficient (Wildman–Crippen LogP) is 33.5. The Hall–Kier alpha value is -17.6. The van der Waals surface area contributed by atoms with Gasteiger partial charge in [-0.3, -0.25) is 0 Å². The average molecular weight is 1680 g/mol. The fourth-order valence-corrected chi connectivity index (χ4v) is 19.4. The first-order valence-corrected chi connectivity index (χ1v) is 44.8. The second kappa shape index (κ2) is 35.0. The van der Waals surface area contributed by atoms with Crippen molar-refractivity contribution in [3.05, 3.63) is 498 Å². The van der Waals surface area contributed by atoms with Crippen LogP contribution in [0.5, 0.6) is 0 Å². The van der Waals surface area contributed by atoms with Crippen molar-refractivity contribution < 1.29 is 0 Å². The summed E-state index contributed by atoms with van der Waals surface area (Å²) in [4.78, 5) is 28.5. The van der Waals surface area contributed by atoms with Gasteiger partial charge in [-0.05, 0) is 223 Å². The molecule has 0 spiro atoms. The number of pyridine rings is 1. The van der Waals surface area contributed by atoms with E-state index in [4.69, 9.17) is 15.0 Å². The summed E-state index contributed by atoms with van der Waals surface area (Å²) in [6, 6.07) is 173. The Bertz CT molecular complexity index is 8230. The largest absolute Gasteiger partial charge is 0.248 e. The van der Waals surface area contributed by atoms with Crippen molar-refractivity contribution in [1.29, 1.82) is 0 Å². The molecule has 0 N–H and O–H groups in total. The van der Waals surface area contributed by atoms with E-state index in [-0.39, 0.29) is 0 Å². The molecule has 0 radical (unpaired) electrons. The Morgan fingerprint density at radius 2 is 0.371 bits per heavy atom. The van der Waals surface area contributed by atoms with Crippen molar-refractivity contribution in [3.63, 3.8) is 0 Å². The first kappa shape index (κ1) is 79.1. The summed E-state index contributed by atoms with van der Waals surface area (Å²) in [5, 5.41) is 23.1. The second-order valence-electron chi connectivity index (χ2n) is 33.4. The molecule has 0 bridgehead atoms. The maximum absolute atomic E-state index is 5.14. The summed E-state index contributed by atoms with van der Waals surface area (Å²) in [6.07, 6.45) is 3.45. The highest BCUT2D eigenvalue weighted by Crippen LogP contribution is 2.46. The van der Waals surface area contributed by atoms with E-state index in [2.05, 4.69) is 427 Å². The number of hydrogen-bond donors (Lipinski definition) is 0. The van der Waals surface area contributed by atoms with E-state index in [1.807, 2.05) is 79.0 Å². The van der Waals surface area contributed by atoms with Gasteiger partial charge in [-0.25, -0.2) is 29.9 Å². The lowest BCUT2D eigenvalue weighted by atomic mass is 9.87. The summed E-state index contributed by atoms with van der Waals surface area (Å²) >= 11 is 0. The number of rotatable bonds is 13. The zero-order valence-corrected chi connectivity index (χ0v) is 72.0. The lowest BCUT2D eigenvalue weighted by Gasteiger charge is -2.17. The molecule has 25 aromatic rings. The van der Waals surface area contributed by atoms with Crippen LogP contribution in [0.2, 0.25) is 0 Å². The number of fused-ring (bicyclic) bond motifs is 18. The Kier molecular flexibility index (Phi) is 21.0. The van der Waals surface area contributed by atoms with Crippen molar-refractivity contribution in [1.82, 2.24) is 29.9 Å². The molecule has 6 nitrogen and oxygen atoms in total. The monoisotopic (exact) mass is 1680 g/mol. The lowest BCUT2D eigenvalue weighted by molar-refractivity contribution is 1.07. The van der Waals surface area contributed by atoms with Gasteiger partial charge in [0, 0.05) is 39.6 Å². The van der Waals surface area contributed by atoms with Crippen LogP contribution in [0.3, 0.4) is 0 Å². The van der Waals surface area contributed by atoms with Crippen LogP contribution in [0.25, 0.3) is 243 Å².